The normalized spacial score (nSPS) is 10.2. The van der Waals surface area contributed by atoms with Gasteiger partial charge in [-0.1, -0.05) is 42.9 Å². The summed E-state index contributed by atoms with van der Waals surface area (Å²) in [6.07, 6.45) is 9.78. The van der Waals surface area contributed by atoms with Gasteiger partial charge in [0.05, 0.1) is 0 Å². The van der Waals surface area contributed by atoms with Crippen molar-refractivity contribution in [1.29, 1.82) is 0 Å². The summed E-state index contributed by atoms with van der Waals surface area (Å²) in [5.41, 5.74) is 2.66. The Balaban J connectivity index is 3.61. The first-order valence-corrected chi connectivity index (χ1v) is 4.61. The molecule has 0 heterocycles. The number of hydrogen-bond acceptors (Lipinski definition) is 0. The minimum absolute atomic E-state index is 1.02. The molecule has 0 unspecified atom stereocenters. The van der Waals surface area contributed by atoms with Crippen molar-refractivity contribution in [3.8, 4) is 0 Å². The highest BCUT2D eigenvalue weighted by atomic mass is 13.9. The molecule has 0 aliphatic rings. The number of hydrogen-bond donors (Lipinski definition) is 0. The predicted molar refractivity (Wildman–Crippen MR) is 57.2 cm³/mol. The van der Waals surface area contributed by atoms with Crippen LogP contribution in [0, 0.1) is 0 Å². The molecule has 0 atom stereocenters. The zero-order chi connectivity index (χ0) is 9.40. The largest absolute Gasteiger partial charge is 0.0992 e. The summed E-state index contributed by atoms with van der Waals surface area (Å²) in [7, 11) is 0. The van der Waals surface area contributed by atoms with Crippen LogP contribution in [0.1, 0.15) is 40.0 Å². The van der Waals surface area contributed by atoms with E-state index in [9.17, 15) is 0 Å². The van der Waals surface area contributed by atoms with Gasteiger partial charge in [-0.15, -0.1) is 0 Å². The maximum absolute atomic E-state index is 4.00. The van der Waals surface area contributed by atoms with Crippen molar-refractivity contribution in [1.82, 2.24) is 0 Å². The molecule has 0 amide bonds. The summed E-state index contributed by atoms with van der Waals surface area (Å²) < 4.78 is 0. The van der Waals surface area contributed by atoms with Crippen molar-refractivity contribution in [3.05, 3.63) is 36.0 Å². The van der Waals surface area contributed by atoms with E-state index in [0.717, 1.165) is 19.3 Å². The summed E-state index contributed by atoms with van der Waals surface area (Å²) in [6, 6.07) is 0. The van der Waals surface area contributed by atoms with Crippen LogP contribution < -0.4 is 0 Å². The molecule has 0 fully saturated rings. The minimum Gasteiger partial charge on any atom is -0.0992 e. The Hall–Kier alpha value is -0.780. The first-order valence-electron chi connectivity index (χ1n) is 4.61. The van der Waals surface area contributed by atoms with Crippen LogP contribution in [0.4, 0.5) is 0 Å². The van der Waals surface area contributed by atoms with Crippen LogP contribution in [0.3, 0.4) is 0 Å². The topological polar surface area (TPSA) is 0 Å². The van der Waals surface area contributed by atoms with Gasteiger partial charge in [0.1, 0.15) is 0 Å². The Morgan fingerprint density at radius 2 is 1.83 bits per heavy atom. The van der Waals surface area contributed by atoms with E-state index in [2.05, 4.69) is 45.6 Å². The van der Waals surface area contributed by atoms with Crippen LogP contribution >= 0.6 is 0 Å². The molecular weight excluding hydrogens is 144 g/mol. The average molecular weight is 164 g/mol. The maximum atomic E-state index is 4.00. The fourth-order valence-corrected chi connectivity index (χ4v) is 0.848. The van der Waals surface area contributed by atoms with Crippen LogP contribution in [-0.2, 0) is 0 Å². The Bertz CT molecular complexity index is 178. The fourth-order valence-electron chi connectivity index (χ4n) is 0.848. The second-order valence-electron chi connectivity index (χ2n) is 3.32. The third kappa shape index (κ3) is 7.33. The first kappa shape index (κ1) is 11.2. The van der Waals surface area contributed by atoms with E-state index in [-0.39, 0.29) is 0 Å². The van der Waals surface area contributed by atoms with Crippen molar-refractivity contribution >= 4 is 0 Å². The number of rotatable bonds is 5. The van der Waals surface area contributed by atoms with Crippen LogP contribution in [0.25, 0.3) is 0 Å². The number of allylic oxidation sites excluding steroid dienone is 5. The van der Waals surface area contributed by atoms with Crippen molar-refractivity contribution < 1.29 is 0 Å². The van der Waals surface area contributed by atoms with Gasteiger partial charge in [-0.3, -0.25) is 0 Å². The molecule has 0 saturated carbocycles. The van der Waals surface area contributed by atoms with E-state index >= 15 is 0 Å². The molecule has 68 valence electrons. The summed E-state index contributed by atoms with van der Waals surface area (Å²) in [6.45, 7) is 10.4. The lowest BCUT2D eigenvalue weighted by atomic mass is 10.1. The molecule has 0 saturated heterocycles. The highest BCUT2D eigenvalue weighted by Crippen LogP contribution is 2.07. The van der Waals surface area contributed by atoms with Gasteiger partial charge in [-0.05, 0) is 33.1 Å². The molecule has 0 radical (unpaired) electrons. The summed E-state index contributed by atoms with van der Waals surface area (Å²) >= 11 is 0. The molecule has 0 rings (SSSR count). The van der Waals surface area contributed by atoms with Gasteiger partial charge in [-0.25, -0.2) is 0 Å². The molecule has 0 aliphatic carbocycles. The molecule has 0 spiro atoms. The Labute approximate surface area is 76.7 Å². The highest BCUT2D eigenvalue weighted by molar-refractivity contribution is 5.09. The molecule has 0 aromatic rings. The molecule has 0 aromatic carbocycles. The molecule has 0 bridgehead atoms. The molecule has 0 nitrogen and oxygen atoms in total. The van der Waals surface area contributed by atoms with Gasteiger partial charge in [-0.2, -0.15) is 0 Å². The molecule has 0 N–H and O–H groups in total. The third-order valence-electron chi connectivity index (χ3n) is 1.61. The van der Waals surface area contributed by atoms with Crippen molar-refractivity contribution in [2.24, 2.45) is 0 Å². The molecule has 0 heteroatoms. The zero-order valence-electron chi connectivity index (χ0n) is 8.56. The standard InChI is InChI=1S/C12H20/c1-5-6-7-8-12(4)10-9-11(2)3/h6-7,9H,4-5,8,10H2,1-3H3/b7-6+. The van der Waals surface area contributed by atoms with Crippen LogP contribution in [0.15, 0.2) is 36.0 Å². The van der Waals surface area contributed by atoms with Gasteiger partial charge in [0.25, 0.3) is 0 Å². The lowest BCUT2D eigenvalue weighted by Gasteiger charge is -1.97. The monoisotopic (exact) mass is 164 g/mol. The van der Waals surface area contributed by atoms with E-state index in [1.165, 1.54) is 11.1 Å². The Kier molecular flexibility index (Phi) is 6.45. The van der Waals surface area contributed by atoms with Gasteiger partial charge >= 0.3 is 0 Å². The van der Waals surface area contributed by atoms with Crippen molar-refractivity contribution in [3.63, 3.8) is 0 Å². The van der Waals surface area contributed by atoms with Gasteiger partial charge in [0.15, 0.2) is 0 Å². The summed E-state index contributed by atoms with van der Waals surface area (Å²) in [4.78, 5) is 0. The average Bonchev–Trinajstić information content (AvgIpc) is 2.01. The Morgan fingerprint density at radius 1 is 1.17 bits per heavy atom. The minimum atomic E-state index is 1.02. The van der Waals surface area contributed by atoms with E-state index in [4.69, 9.17) is 0 Å². The first-order chi connectivity index (χ1) is 5.66. The van der Waals surface area contributed by atoms with Crippen LogP contribution in [0.2, 0.25) is 0 Å². The van der Waals surface area contributed by atoms with E-state index < -0.39 is 0 Å². The van der Waals surface area contributed by atoms with Crippen molar-refractivity contribution in [2.45, 2.75) is 40.0 Å². The van der Waals surface area contributed by atoms with Gasteiger partial charge in [0.2, 0.25) is 0 Å². The lowest BCUT2D eigenvalue weighted by molar-refractivity contribution is 1.09. The van der Waals surface area contributed by atoms with Crippen molar-refractivity contribution in [2.75, 3.05) is 0 Å². The summed E-state index contributed by atoms with van der Waals surface area (Å²) in [5.74, 6) is 0. The van der Waals surface area contributed by atoms with E-state index in [1.807, 2.05) is 0 Å². The van der Waals surface area contributed by atoms with E-state index in [1.54, 1.807) is 0 Å². The fraction of sp³-hybridized carbons (Fsp3) is 0.500. The lowest BCUT2D eigenvalue weighted by Crippen LogP contribution is -1.76. The smallest absolute Gasteiger partial charge is 0.0136 e. The third-order valence-corrected chi connectivity index (χ3v) is 1.61. The van der Waals surface area contributed by atoms with Crippen LogP contribution in [0.5, 0.6) is 0 Å². The second kappa shape index (κ2) is 6.90. The second-order valence-corrected chi connectivity index (χ2v) is 3.32. The quantitative estimate of drug-likeness (QED) is 0.533. The maximum Gasteiger partial charge on any atom is -0.0136 e. The Morgan fingerprint density at radius 3 is 2.33 bits per heavy atom. The molecule has 12 heavy (non-hydrogen) atoms. The zero-order valence-corrected chi connectivity index (χ0v) is 8.56. The molecular formula is C12H20. The van der Waals surface area contributed by atoms with Gasteiger partial charge < -0.3 is 0 Å². The SMILES string of the molecule is C=C(CC=C(C)C)C/C=C/CC. The molecule has 0 aliphatic heterocycles. The predicted octanol–water partition coefficient (Wildman–Crippen LogP) is 4.26. The van der Waals surface area contributed by atoms with E-state index in [0.29, 0.717) is 0 Å². The van der Waals surface area contributed by atoms with Gasteiger partial charge in [0, 0.05) is 0 Å². The summed E-state index contributed by atoms with van der Waals surface area (Å²) in [5, 5.41) is 0. The van der Waals surface area contributed by atoms with Crippen LogP contribution in [-0.4, -0.2) is 0 Å². The highest BCUT2D eigenvalue weighted by Gasteiger charge is 1.87. The molecule has 0 aromatic heterocycles.